The van der Waals surface area contributed by atoms with Crippen LogP contribution in [-0.4, -0.2) is 26.9 Å². The minimum Gasteiger partial charge on any atom is -0.346 e. The molecular formula is C29H28BrN3OS. The second-order valence-electron chi connectivity index (χ2n) is 8.92. The Balaban J connectivity index is 1.41. The number of halogens is 1. The molecule has 0 radical (unpaired) electrons. The molecule has 4 aromatic rings. The van der Waals surface area contributed by atoms with Gasteiger partial charge in [0.2, 0.25) is 0 Å². The summed E-state index contributed by atoms with van der Waals surface area (Å²) in [4.78, 5) is 14.7. The molecule has 0 spiro atoms. The fourth-order valence-electron chi connectivity index (χ4n) is 4.56. The number of fused-ring (bicyclic) bond motifs is 1. The van der Waals surface area contributed by atoms with Crippen LogP contribution in [0.4, 0.5) is 0 Å². The Labute approximate surface area is 219 Å². The summed E-state index contributed by atoms with van der Waals surface area (Å²) in [6, 6.07) is 24.9. The molecule has 1 atom stereocenters. The Kier molecular flexibility index (Phi) is 7.12. The summed E-state index contributed by atoms with van der Waals surface area (Å²) >= 11 is 5.11. The molecule has 178 valence electrons. The average molecular weight is 547 g/mol. The Bertz CT molecular complexity index is 1380. The number of benzene rings is 3. The predicted octanol–water partition coefficient (Wildman–Crippen LogP) is 7.59. The average Bonchev–Trinajstić information content (AvgIpc) is 3.46. The lowest BCUT2D eigenvalue weighted by Gasteiger charge is -2.22. The molecule has 0 saturated heterocycles. The molecule has 1 amide bonds. The molecule has 0 N–H and O–H groups in total. The minimum atomic E-state index is -0.0937. The van der Waals surface area contributed by atoms with E-state index in [9.17, 15) is 4.79 Å². The van der Waals surface area contributed by atoms with Crippen molar-refractivity contribution in [2.75, 3.05) is 5.75 Å². The summed E-state index contributed by atoms with van der Waals surface area (Å²) in [6.45, 7) is 5.24. The molecule has 5 rings (SSSR count). The molecule has 3 aromatic carbocycles. The SMILES string of the molecule is CCCn1cc(SCC(=O)N2N=C(c3ccc(Br)cc3)C[C@@H]2c2ccc(C)cc2)c2ccccc21. The van der Waals surface area contributed by atoms with E-state index in [1.807, 2.05) is 12.1 Å². The van der Waals surface area contributed by atoms with Crippen molar-refractivity contribution in [2.45, 2.75) is 44.2 Å². The summed E-state index contributed by atoms with van der Waals surface area (Å²) in [5, 5.41) is 7.76. The van der Waals surface area contributed by atoms with Gasteiger partial charge in [0.15, 0.2) is 0 Å². The van der Waals surface area contributed by atoms with Gasteiger partial charge in [-0.05, 0) is 42.7 Å². The number of carbonyl (C=O) groups excluding carboxylic acids is 1. The maximum absolute atomic E-state index is 13.6. The van der Waals surface area contributed by atoms with E-state index in [0.717, 1.165) is 39.2 Å². The number of thioether (sulfide) groups is 1. The van der Waals surface area contributed by atoms with Crippen LogP contribution in [-0.2, 0) is 11.3 Å². The molecule has 1 aliphatic rings. The highest BCUT2D eigenvalue weighted by molar-refractivity contribution is 9.10. The maximum Gasteiger partial charge on any atom is 0.253 e. The Hall–Kier alpha value is -2.83. The lowest BCUT2D eigenvalue weighted by Crippen LogP contribution is -2.28. The largest absolute Gasteiger partial charge is 0.346 e. The molecule has 1 aliphatic heterocycles. The van der Waals surface area contributed by atoms with E-state index in [1.54, 1.807) is 16.8 Å². The number of carbonyl (C=O) groups is 1. The van der Waals surface area contributed by atoms with Crippen molar-refractivity contribution >= 4 is 50.2 Å². The molecule has 0 fully saturated rings. The molecular weight excluding hydrogens is 518 g/mol. The van der Waals surface area contributed by atoms with E-state index in [1.165, 1.54) is 16.5 Å². The summed E-state index contributed by atoms with van der Waals surface area (Å²) in [5.41, 5.74) is 5.54. The molecule has 2 heterocycles. The summed E-state index contributed by atoms with van der Waals surface area (Å²) in [5.74, 6) is 0.375. The fourth-order valence-corrected chi connectivity index (χ4v) is 5.77. The molecule has 1 aromatic heterocycles. The summed E-state index contributed by atoms with van der Waals surface area (Å²) < 4.78 is 3.32. The van der Waals surface area contributed by atoms with E-state index in [-0.39, 0.29) is 11.9 Å². The van der Waals surface area contributed by atoms with Gasteiger partial charge in [0.25, 0.3) is 5.91 Å². The zero-order chi connectivity index (χ0) is 24.4. The van der Waals surface area contributed by atoms with E-state index in [4.69, 9.17) is 5.10 Å². The highest BCUT2D eigenvalue weighted by atomic mass is 79.9. The van der Waals surface area contributed by atoms with Gasteiger partial charge < -0.3 is 4.57 Å². The van der Waals surface area contributed by atoms with Crippen molar-refractivity contribution in [3.63, 3.8) is 0 Å². The highest BCUT2D eigenvalue weighted by Crippen LogP contribution is 2.35. The zero-order valence-corrected chi connectivity index (χ0v) is 22.3. The topological polar surface area (TPSA) is 37.6 Å². The third-order valence-electron chi connectivity index (χ3n) is 6.37. The number of para-hydroxylation sites is 1. The number of hydrazone groups is 1. The van der Waals surface area contributed by atoms with Gasteiger partial charge in [0.05, 0.1) is 17.5 Å². The number of hydrogen-bond acceptors (Lipinski definition) is 3. The minimum absolute atomic E-state index is 0.0278. The quantitative estimate of drug-likeness (QED) is 0.224. The normalized spacial score (nSPS) is 15.6. The Morgan fingerprint density at radius 2 is 1.80 bits per heavy atom. The van der Waals surface area contributed by atoms with Crippen LogP contribution in [0.3, 0.4) is 0 Å². The number of nitrogens with zero attached hydrogens (tertiary/aromatic N) is 3. The third kappa shape index (κ3) is 5.09. The first-order chi connectivity index (χ1) is 17.0. The monoisotopic (exact) mass is 545 g/mol. The maximum atomic E-state index is 13.6. The van der Waals surface area contributed by atoms with Crippen LogP contribution in [0.1, 0.15) is 42.5 Å². The van der Waals surface area contributed by atoms with E-state index in [0.29, 0.717) is 12.2 Å². The van der Waals surface area contributed by atoms with E-state index < -0.39 is 0 Å². The van der Waals surface area contributed by atoms with Crippen LogP contribution < -0.4 is 0 Å². The highest BCUT2D eigenvalue weighted by Gasteiger charge is 2.33. The number of amides is 1. The second-order valence-corrected chi connectivity index (χ2v) is 10.8. The van der Waals surface area contributed by atoms with Crippen LogP contribution in [0.25, 0.3) is 10.9 Å². The van der Waals surface area contributed by atoms with Gasteiger partial charge in [-0.3, -0.25) is 4.79 Å². The van der Waals surface area contributed by atoms with Crippen LogP contribution >= 0.6 is 27.7 Å². The van der Waals surface area contributed by atoms with Crippen molar-refractivity contribution in [1.29, 1.82) is 0 Å². The number of aromatic nitrogens is 1. The van der Waals surface area contributed by atoms with Crippen molar-refractivity contribution in [1.82, 2.24) is 9.58 Å². The van der Waals surface area contributed by atoms with Crippen LogP contribution in [0.2, 0.25) is 0 Å². The van der Waals surface area contributed by atoms with Crippen LogP contribution in [0.5, 0.6) is 0 Å². The van der Waals surface area contributed by atoms with Gasteiger partial charge in [-0.2, -0.15) is 5.10 Å². The van der Waals surface area contributed by atoms with Gasteiger partial charge in [-0.25, -0.2) is 5.01 Å². The molecule has 4 nitrogen and oxygen atoms in total. The van der Waals surface area contributed by atoms with Crippen LogP contribution in [0, 0.1) is 6.92 Å². The number of rotatable bonds is 7. The molecule has 6 heteroatoms. The van der Waals surface area contributed by atoms with Crippen molar-refractivity contribution in [3.8, 4) is 0 Å². The van der Waals surface area contributed by atoms with Gasteiger partial charge in [0.1, 0.15) is 0 Å². The first-order valence-electron chi connectivity index (χ1n) is 12.0. The first-order valence-corrected chi connectivity index (χ1v) is 13.7. The van der Waals surface area contributed by atoms with Crippen LogP contribution in [0.15, 0.2) is 93.5 Å². The fraction of sp³-hybridized carbons (Fsp3) is 0.241. The standard InChI is InChI=1S/C29H28BrN3OS/c1-3-16-32-18-28(24-6-4-5-7-26(24)32)35-19-29(34)33-27(22-10-8-20(2)9-11-22)17-25(31-33)21-12-14-23(30)15-13-21/h4-15,18,27H,3,16-17,19H2,1-2H3/t27-/m1/s1. The number of hydrogen-bond donors (Lipinski definition) is 0. The van der Waals surface area contributed by atoms with Gasteiger partial charge in [-0.1, -0.05) is 83.0 Å². The summed E-state index contributed by atoms with van der Waals surface area (Å²) in [6.07, 6.45) is 3.96. The molecule has 0 aliphatic carbocycles. The van der Waals surface area contributed by atoms with E-state index >= 15 is 0 Å². The third-order valence-corrected chi connectivity index (χ3v) is 7.93. The van der Waals surface area contributed by atoms with E-state index in [2.05, 4.69) is 101 Å². The summed E-state index contributed by atoms with van der Waals surface area (Å²) in [7, 11) is 0. The zero-order valence-electron chi connectivity index (χ0n) is 19.9. The Morgan fingerprint density at radius 3 is 2.54 bits per heavy atom. The van der Waals surface area contributed by atoms with Gasteiger partial charge in [0, 0.05) is 39.4 Å². The van der Waals surface area contributed by atoms with Crippen molar-refractivity contribution in [3.05, 3.63) is 100 Å². The number of aryl methyl sites for hydroxylation is 2. The molecule has 35 heavy (non-hydrogen) atoms. The molecule has 0 saturated carbocycles. The molecule has 0 bridgehead atoms. The Morgan fingerprint density at radius 1 is 1.06 bits per heavy atom. The first kappa shape index (κ1) is 23.9. The van der Waals surface area contributed by atoms with Crippen molar-refractivity contribution < 1.29 is 4.79 Å². The lowest BCUT2D eigenvalue weighted by molar-refractivity contribution is -0.130. The lowest BCUT2D eigenvalue weighted by atomic mass is 9.98. The smallest absolute Gasteiger partial charge is 0.253 e. The van der Waals surface area contributed by atoms with Crippen molar-refractivity contribution in [2.24, 2.45) is 5.10 Å². The second kappa shape index (κ2) is 10.4. The molecule has 0 unspecified atom stereocenters. The van der Waals surface area contributed by atoms with Gasteiger partial charge >= 0.3 is 0 Å². The van der Waals surface area contributed by atoms with Gasteiger partial charge in [-0.15, -0.1) is 11.8 Å². The predicted molar refractivity (Wildman–Crippen MR) is 149 cm³/mol.